The second kappa shape index (κ2) is 8.03. The molecule has 0 unspecified atom stereocenters. The van der Waals surface area contributed by atoms with E-state index in [0.29, 0.717) is 29.6 Å². The van der Waals surface area contributed by atoms with Gasteiger partial charge in [0.1, 0.15) is 0 Å². The van der Waals surface area contributed by atoms with Gasteiger partial charge in [-0.25, -0.2) is 0 Å². The molecule has 1 saturated heterocycles. The Balaban J connectivity index is 1.76. The van der Waals surface area contributed by atoms with Crippen molar-refractivity contribution in [3.63, 3.8) is 0 Å². The highest BCUT2D eigenvalue weighted by atomic mass is 35.5. The lowest BCUT2D eigenvalue weighted by atomic mass is 9.85. The normalized spacial score (nSPS) is 21.2. The summed E-state index contributed by atoms with van der Waals surface area (Å²) >= 11 is 13.0. The Morgan fingerprint density at radius 2 is 1.91 bits per heavy atom. The van der Waals surface area contributed by atoms with E-state index in [9.17, 15) is 9.59 Å². The van der Waals surface area contributed by atoms with Gasteiger partial charge < -0.3 is 15.1 Å². The van der Waals surface area contributed by atoms with Crippen molar-refractivity contribution in [2.24, 2.45) is 0 Å². The van der Waals surface area contributed by atoms with Crippen LogP contribution in [0.4, 0.5) is 11.4 Å². The molecule has 4 rings (SSSR count). The van der Waals surface area contributed by atoms with Crippen molar-refractivity contribution in [2.75, 3.05) is 30.4 Å². The van der Waals surface area contributed by atoms with Crippen LogP contribution in [0.25, 0.3) is 0 Å². The molecule has 0 saturated carbocycles. The minimum atomic E-state index is -0.641. The second-order valence-electron chi connectivity index (χ2n) is 8.88. The van der Waals surface area contributed by atoms with Crippen molar-refractivity contribution in [2.45, 2.75) is 38.1 Å². The minimum absolute atomic E-state index is 0.0630. The zero-order valence-electron chi connectivity index (χ0n) is 18.6. The van der Waals surface area contributed by atoms with Crippen molar-refractivity contribution in [1.29, 1.82) is 0 Å². The number of nitrogens with one attached hydrogen (secondary N) is 1. The lowest BCUT2D eigenvalue weighted by Gasteiger charge is -2.33. The topological polar surface area (TPSA) is 52.7 Å². The number of fused-ring (bicyclic) bond motifs is 1. The number of amides is 2. The second-order valence-corrected chi connectivity index (χ2v) is 9.67. The van der Waals surface area contributed by atoms with Gasteiger partial charge in [0.05, 0.1) is 21.0 Å². The number of nitrogens with zero attached hydrogens (tertiary/aromatic N) is 2. The van der Waals surface area contributed by atoms with E-state index in [1.54, 1.807) is 29.8 Å². The molecule has 5 nitrogen and oxygen atoms in total. The third-order valence-electron chi connectivity index (χ3n) is 6.51. The van der Waals surface area contributed by atoms with E-state index in [-0.39, 0.29) is 11.8 Å². The average molecular weight is 470 g/mol. The first kappa shape index (κ1) is 22.5. The van der Waals surface area contributed by atoms with Gasteiger partial charge in [-0.15, -0.1) is 0 Å². The van der Waals surface area contributed by atoms with E-state index in [1.807, 2.05) is 44.2 Å². The Kier molecular flexibility index (Phi) is 5.65. The number of hydrogen-bond donors (Lipinski definition) is 1. The number of rotatable bonds is 3. The molecule has 0 bridgehead atoms. The summed E-state index contributed by atoms with van der Waals surface area (Å²) in [6.45, 7) is 6.47. The summed E-state index contributed by atoms with van der Waals surface area (Å²) in [6, 6.07) is 11.5. The molecule has 0 spiro atoms. The number of hydrogen-bond acceptors (Lipinski definition) is 3. The third kappa shape index (κ3) is 3.52. The highest BCUT2D eigenvalue weighted by molar-refractivity contribution is 6.42. The fraction of sp³-hybridized carbons (Fsp3) is 0.360. The van der Waals surface area contributed by atoms with Crippen molar-refractivity contribution in [1.82, 2.24) is 4.90 Å². The molecule has 2 aromatic carbocycles. The smallest absolute Gasteiger partial charge is 0.298 e. The van der Waals surface area contributed by atoms with Gasteiger partial charge in [-0.05, 0) is 62.4 Å². The summed E-state index contributed by atoms with van der Waals surface area (Å²) < 4.78 is 0. The van der Waals surface area contributed by atoms with Gasteiger partial charge >= 0.3 is 0 Å². The highest BCUT2D eigenvalue weighted by Crippen LogP contribution is 2.45. The van der Waals surface area contributed by atoms with Crippen LogP contribution in [0.3, 0.4) is 0 Å². The molecule has 1 N–H and O–H groups in total. The van der Waals surface area contributed by atoms with E-state index in [1.165, 1.54) is 0 Å². The molecule has 2 aliphatic heterocycles. The van der Waals surface area contributed by atoms with Crippen LogP contribution < -0.4 is 10.2 Å². The van der Waals surface area contributed by atoms with E-state index in [2.05, 4.69) is 17.2 Å². The lowest BCUT2D eigenvalue weighted by Crippen LogP contribution is -2.40. The summed E-state index contributed by atoms with van der Waals surface area (Å²) in [5, 5.41) is 4.56. The lowest BCUT2D eigenvalue weighted by molar-refractivity contribution is -0.124. The van der Waals surface area contributed by atoms with E-state index < -0.39 is 11.0 Å². The predicted octanol–water partition coefficient (Wildman–Crippen LogP) is 4.81. The molecule has 2 heterocycles. The molecule has 2 amide bonds. The van der Waals surface area contributed by atoms with Crippen LogP contribution in [0, 0.1) is 11.8 Å². The van der Waals surface area contributed by atoms with E-state index >= 15 is 0 Å². The fourth-order valence-corrected chi connectivity index (χ4v) is 5.25. The SMILES string of the molecule is CC#CC(=O)N1CC[C@@](Nc2ccc3c(c2)N(C)C(=O)C3(C)C)(c2cccc(Cl)c2Cl)C1. The largest absolute Gasteiger partial charge is 0.374 e. The number of likely N-dealkylation sites (N-methyl/N-ethyl adjacent to an activating group) is 1. The fourth-order valence-electron chi connectivity index (χ4n) is 4.77. The average Bonchev–Trinajstić information content (AvgIpc) is 3.25. The number of likely N-dealkylation sites (tertiary alicyclic amines) is 1. The number of benzene rings is 2. The summed E-state index contributed by atoms with van der Waals surface area (Å²) in [5.41, 5.74) is 2.33. The van der Waals surface area contributed by atoms with Crippen LogP contribution in [-0.2, 0) is 20.5 Å². The minimum Gasteiger partial charge on any atom is -0.374 e. The number of anilines is 2. The van der Waals surface area contributed by atoms with Gasteiger partial charge in [0.25, 0.3) is 5.91 Å². The Bertz CT molecular complexity index is 1180. The van der Waals surface area contributed by atoms with Gasteiger partial charge in [-0.1, -0.05) is 47.3 Å². The van der Waals surface area contributed by atoms with Crippen LogP contribution in [0.5, 0.6) is 0 Å². The zero-order valence-corrected chi connectivity index (χ0v) is 20.1. The molecule has 2 aliphatic rings. The molecule has 0 aliphatic carbocycles. The highest BCUT2D eigenvalue weighted by Gasteiger charge is 2.45. The van der Waals surface area contributed by atoms with Crippen LogP contribution in [0.1, 0.15) is 38.3 Å². The molecule has 1 fully saturated rings. The van der Waals surface area contributed by atoms with Crippen LogP contribution in [-0.4, -0.2) is 36.9 Å². The molecule has 0 radical (unpaired) electrons. The molecule has 7 heteroatoms. The summed E-state index contributed by atoms with van der Waals surface area (Å²) in [5.74, 6) is 5.16. The maximum Gasteiger partial charge on any atom is 0.298 e. The summed E-state index contributed by atoms with van der Waals surface area (Å²) in [6.07, 6.45) is 0.640. The molecule has 166 valence electrons. The maximum atomic E-state index is 12.7. The van der Waals surface area contributed by atoms with Crippen molar-refractivity contribution in [3.8, 4) is 11.8 Å². The standard InChI is InChI=1S/C25H25Cl2N3O2/c1-5-7-21(31)30-13-12-25(15-30,18-8-6-9-19(26)22(18)27)28-16-10-11-17-20(14-16)29(4)23(32)24(17,2)3/h6,8-11,14,28H,12-13,15H2,1-4H3/t25-/m0/s1. The maximum absolute atomic E-state index is 12.7. The van der Waals surface area contributed by atoms with E-state index in [4.69, 9.17) is 23.2 Å². The third-order valence-corrected chi connectivity index (χ3v) is 7.33. The monoisotopic (exact) mass is 469 g/mol. The van der Waals surface area contributed by atoms with Gasteiger partial charge in [0, 0.05) is 31.5 Å². The molecular formula is C25H25Cl2N3O2. The summed E-state index contributed by atoms with van der Waals surface area (Å²) in [7, 11) is 1.79. The Morgan fingerprint density at radius 1 is 1.16 bits per heavy atom. The van der Waals surface area contributed by atoms with Crippen LogP contribution in [0.15, 0.2) is 36.4 Å². The first-order valence-electron chi connectivity index (χ1n) is 10.5. The quantitative estimate of drug-likeness (QED) is 0.656. The first-order valence-corrected chi connectivity index (χ1v) is 11.2. The predicted molar refractivity (Wildman–Crippen MR) is 129 cm³/mol. The van der Waals surface area contributed by atoms with Crippen LogP contribution in [0.2, 0.25) is 10.0 Å². The Hall–Kier alpha value is -2.68. The molecule has 2 aromatic rings. The Morgan fingerprint density at radius 3 is 2.62 bits per heavy atom. The van der Waals surface area contributed by atoms with Gasteiger partial charge in [-0.3, -0.25) is 9.59 Å². The number of carbonyl (C=O) groups excluding carboxylic acids is 2. The molecular weight excluding hydrogens is 445 g/mol. The van der Waals surface area contributed by atoms with Crippen LogP contribution >= 0.6 is 23.2 Å². The van der Waals surface area contributed by atoms with E-state index in [0.717, 1.165) is 22.5 Å². The molecule has 1 atom stereocenters. The van der Waals surface area contributed by atoms with Crippen molar-refractivity contribution >= 4 is 46.4 Å². The number of halogens is 2. The first-order chi connectivity index (χ1) is 15.1. The van der Waals surface area contributed by atoms with Gasteiger partial charge in [-0.2, -0.15) is 0 Å². The molecule has 32 heavy (non-hydrogen) atoms. The number of carbonyl (C=O) groups is 2. The van der Waals surface area contributed by atoms with Crippen molar-refractivity contribution in [3.05, 3.63) is 57.6 Å². The van der Waals surface area contributed by atoms with Crippen molar-refractivity contribution < 1.29 is 9.59 Å². The zero-order chi connectivity index (χ0) is 23.3. The molecule has 0 aromatic heterocycles. The van der Waals surface area contributed by atoms with Gasteiger partial charge in [0.2, 0.25) is 5.91 Å². The van der Waals surface area contributed by atoms with Gasteiger partial charge in [0.15, 0.2) is 0 Å². The Labute approximate surface area is 198 Å². The summed E-state index contributed by atoms with van der Waals surface area (Å²) in [4.78, 5) is 28.6.